The minimum atomic E-state index is -3.91. The molecule has 1 aromatic carbocycles. The molecule has 0 N–H and O–H groups in total. The maximum absolute atomic E-state index is 13.7. The van der Waals surface area contributed by atoms with E-state index in [9.17, 15) is 13.2 Å². The third-order valence-corrected chi connectivity index (χ3v) is 7.51. The quantitative estimate of drug-likeness (QED) is 0.424. The van der Waals surface area contributed by atoms with E-state index >= 15 is 0 Å². The molecule has 0 saturated heterocycles. The van der Waals surface area contributed by atoms with Gasteiger partial charge in [-0.3, -0.25) is 9.78 Å². The molecule has 0 aliphatic heterocycles. The fourth-order valence-electron chi connectivity index (χ4n) is 3.84. The summed E-state index contributed by atoms with van der Waals surface area (Å²) in [5, 5.41) is 0.755. The van der Waals surface area contributed by atoms with Crippen LogP contribution in [0.4, 0.5) is 0 Å². The Labute approximate surface area is 197 Å². The minimum Gasteiger partial charge on any atom is -0.353 e. The highest BCUT2D eigenvalue weighted by Gasteiger charge is 2.30. The van der Waals surface area contributed by atoms with E-state index in [1.165, 1.54) is 4.31 Å². The van der Waals surface area contributed by atoms with E-state index in [0.717, 1.165) is 17.5 Å². The summed E-state index contributed by atoms with van der Waals surface area (Å²) in [5.41, 5.74) is 1.43. The van der Waals surface area contributed by atoms with E-state index < -0.39 is 10.0 Å². The van der Waals surface area contributed by atoms with Crippen molar-refractivity contribution in [1.82, 2.24) is 18.8 Å². The average molecular weight is 471 g/mol. The lowest BCUT2D eigenvalue weighted by Gasteiger charge is -2.29. The first-order valence-electron chi connectivity index (χ1n) is 11.5. The smallest absolute Gasteiger partial charge is 0.245 e. The van der Waals surface area contributed by atoms with Crippen LogP contribution in [0.5, 0.6) is 0 Å². The number of benzene rings is 1. The van der Waals surface area contributed by atoms with E-state index in [1.807, 2.05) is 49.0 Å². The molecule has 0 spiro atoms. The summed E-state index contributed by atoms with van der Waals surface area (Å²) in [5.74, 6) is 0.0648. The standard InChI is InChI=1S/C25H34N4O3S/c1-5-6-16-29(33(31,32)23-13-7-10-21-11-8-14-26-25(21)23)19-24(30)28(17-20(2)3)18-22-12-9-15-27(22)4/h7-15,20H,5-6,16-19H2,1-4H3. The molecule has 33 heavy (non-hydrogen) atoms. The van der Waals surface area contributed by atoms with E-state index in [1.54, 1.807) is 29.3 Å². The Morgan fingerprint density at radius 1 is 1.12 bits per heavy atom. The zero-order valence-corrected chi connectivity index (χ0v) is 20.8. The van der Waals surface area contributed by atoms with Crippen LogP contribution in [0.3, 0.4) is 0 Å². The molecule has 0 aliphatic carbocycles. The van der Waals surface area contributed by atoms with Gasteiger partial charge in [-0.15, -0.1) is 0 Å². The highest BCUT2D eigenvalue weighted by Crippen LogP contribution is 2.24. The van der Waals surface area contributed by atoms with Crippen LogP contribution in [0, 0.1) is 5.92 Å². The number of hydrogen-bond acceptors (Lipinski definition) is 4. The zero-order chi connectivity index (χ0) is 24.0. The fourth-order valence-corrected chi connectivity index (χ4v) is 5.44. The lowest BCUT2D eigenvalue weighted by Crippen LogP contribution is -2.44. The zero-order valence-electron chi connectivity index (χ0n) is 19.9. The molecule has 0 atom stereocenters. The van der Waals surface area contributed by atoms with Crippen LogP contribution in [0.1, 0.15) is 39.3 Å². The third kappa shape index (κ3) is 6.00. The van der Waals surface area contributed by atoms with Gasteiger partial charge in [0.05, 0.1) is 18.6 Å². The normalized spacial score (nSPS) is 12.1. The second-order valence-corrected chi connectivity index (χ2v) is 10.7. The number of aromatic nitrogens is 2. The van der Waals surface area contributed by atoms with Gasteiger partial charge in [0.15, 0.2) is 0 Å². The van der Waals surface area contributed by atoms with Gasteiger partial charge < -0.3 is 9.47 Å². The lowest BCUT2D eigenvalue weighted by molar-refractivity contribution is -0.132. The van der Waals surface area contributed by atoms with Crippen molar-refractivity contribution in [2.45, 2.75) is 45.1 Å². The van der Waals surface area contributed by atoms with Crippen LogP contribution in [0.25, 0.3) is 10.9 Å². The molecular formula is C25H34N4O3S. The van der Waals surface area contributed by atoms with Gasteiger partial charge in [-0.1, -0.05) is 45.4 Å². The first-order valence-corrected chi connectivity index (χ1v) is 12.9. The number of aryl methyl sites for hydroxylation is 1. The first-order chi connectivity index (χ1) is 15.7. The molecule has 0 aliphatic rings. The van der Waals surface area contributed by atoms with Gasteiger partial charge in [0.25, 0.3) is 0 Å². The Hall–Kier alpha value is -2.71. The fraction of sp³-hybridized carbons (Fsp3) is 0.440. The number of nitrogens with zero attached hydrogens (tertiary/aromatic N) is 4. The number of amides is 1. The predicted octanol–water partition coefficient (Wildman–Crippen LogP) is 4.05. The monoisotopic (exact) mass is 470 g/mol. The topological polar surface area (TPSA) is 75.5 Å². The molecule has 0 radical (unpaired) electrons. The summed E-state index contributed by atoms with van der Waals surface area (Å²) >= 11 is 0. The van der Waals surface area contributed by atoms with Crippen molar-refractivity contribution in [2.75, 3.05) is 19.6 Å². The molecule has 178 valence electrons. The Morgan fingerprint density at radius 2 is 1.88 bits per heavy atom. The van der Waals surface area contributed by atoms with Crippen LogP contribution >= 0.6 is 0 Å². The van der Waals surface area contributed by atoms with E-state index in [0.29, 0.717) is 25.0 Å². The van der Waals surface area contributed by atoms with Crippen molar-refractivity contribution < 1.29 is 13.2 Å². The van der Waals surface area contributed by atoms with Gasteiger partial charge in [-0.25, -0.2) is 8.42 Å². The van der Waals surface area contributed by atoms with E-state index in [-0.39, 0.29) is 29.8 Å². The summed E-state index contributed by atoms with van der Waals surface area (Å²) in [6, 6.07) is 12.7. The van der Waals surface area contributed by atoms with Crippen LogP contribution in [-0.4, -0.2) is 52.7 Å². The van der Waals surface area contributed by atoms with Crippen molar-refractivity contribution in [3.63, 3.8) is 0 Å². The second-order valence-electron chi connectivity index (χ2n) is 8.80. The number of unbranched alkanes of at least 4 members (excludes halogenated alkanes) is 1. The van der Waals surface area contributed by atoms with Crippen LogP contribution in [-0.2, 0) is 28.4 Å². The number of hydrogen-bond donors (Lipinski definition) is 0. The molecule has 2 aromatic heterocycles. The highest BCUT2D eigenvalue weighted by atomic mass is 32.2. The lowest BCUT2D eigenvalue weighted by atomic mass is 10.2. The Morgan fingerprint density at radius 3 is 2.55 bits per heavy atom. The van der Waals surface area contributed by atoms with E-state index in [2.05, 4.69) is 18.8 Å². The Balaban J connectivity index is 1.92. The molecule has 2 heterocycles. The molecular weight excluding hydrogens is 436 g/mol. The number of rotatable bonds is 11. The van der Waals surface area contributed by atoms with Crippen molar-refractivity contribution in [3.8, 4) is 0 Å². The number of fused-ring (bicyclic) bond motifs is 1. The molecule has 0 saturated carbocycles. The number of carbonyl (C=O) groups excluding carboxylic acids is 1. The maximum Gasteiger partial charge on any atom is 0.245 e. The average Bonchev–Trinajstić information content (AvgIpc) is 3.19. The van der Waals surface area contributed by atoms with Crippen LogP contribution in [0.2, 0.25) is 0 Å². The van der Waals surface area contributed by atoms with Gasteiger partial charge in [0, 0.05) is 43.6 Å². The number of carbonyl (C=O) groups is 1. The van der Waals surface area contributed by atoms with Crippen LogP contribution < -0.4 is 0 Å². The Bertz CT molecular complexity index is 1180. The Kier molecular flexibility index (Phi) is 8.26. The van der Waals surface area contributed by atoms with Crippen molar-refractivity contribution in [2.24, 2.45) is 13.0 Å². The largest absolute Gasteiger partial charge is 0.353 e. The SMILES string of the molecule is CCCCN(CC(=O)N(Cc1cccn1C)CC(C)C)S(=O)(=O)c1cccc2cccnc12. The summed E-state index contributed by atoms with van der Waals surface area (Å²) < 4.78 is 30.7. The first kappa shape index (κ1) is 24.9. The van der Waals surface area contributed by atoms with Crippen molar-refractivity contribution in [1.29, 1.82) is 0 Å². The van der Waals surface area contributed by atoms with Crippen LogP contribution in [0.15, 0.2) is 59.8 Å². The molecule has 0 bridgehead atoms. The van der Waals surface area contributed by atoms with Gasteiger partial charge in [0.2, 0.25) is 15.9 Å². The van der Waals surface area contributed by atoms with Gasteiger partial charge in [0.1, 0.15) is 4.90 Å². The summed E-state index contributed by atoms with van der Waals surface area (Å²) in [4.78, 5) is 19.6. The van der Waals surface area contributed by atoms with E-state index in [4.69, 9.17) is 0 Å². The summed E-state index contributed by atoms with van der Waals surface area (Å²) in [7, 11) is -1.97. The molecule has 3 rings (SSSR count). The maximum atomic E-state index is 13.7. The van der Waals surface area contributed by atoms with Gasteiger partial charge in [-0.2, -0.15) is 4.31 Å². The van der Waals surface area contributed by atoms with Crippen molar-refractivity contribution >= 4 is 26.8 Å². The molecule has 3 aromatic rings. The predicted molar refractivity (Wildman–Crippen MR) is 131 cm³/mol. The molecule has 7 nitrogen and oxygen atoms in total. The van der Waals surface area contributed by atoms with Gasteiger partial charge >= 0.3 is 0 Å². The van der Waals surface area contributed by atoms with Crippen molar-refractivity contribution in [3.05, 3.63) is 60.6 Å². The number of para-hydroxylation sites is 1. The van der Waals surface area contributed by atoms with Gasteiger partial charge in [-0.05, 0) is 36.6 Å². The molecule has 0 fully saturated rings. The summed E-state index contributed by atoms with van der Waals surface area (Å²) in [6.07, 6.45) is 5.03. The number of pyridine rings is 1. The second kappa shape index (κ2) is 10.9. The molecule has 0 unspecified atom stereocenters. The molecule has 1 amide bonds. The number of sulfonamides is 1. The molecule has 8 heteroatoms. The minimum absolute atomic E-state index is 0.141. The highest BCUT2D eigenvalue weighted by molar-refractivity contribution is 7.89. The summed E-state index contributed by atoms with van der Waals surface area (Å²) in [6.45, 7) is 7.21. The third-order valence-electron chi connectivity index (χ3n) is 5.63.